The van der Waals surface area contributed by atoms with Gasteiger partial charge in [-0.25, -0.2) is 4.39 Å². The van der Waals surface area contributed by atoms with E-state index in [2.05, 4.69) is 10.1 Å². The quantitative estimate of drug-likeness (QED) is 0.837. The maximum absolute atomic E-state index is 13.9. The summed E-state index contributed by atoms with van der Waals surface area (Å²) >= 11 is 0. The highest BCUT2D eigenvalue weighted by molar-refractivity contribution is 5.85. The summed E-state index contributed by atoms with van der Waals surface area (Å²) in [5, 5.41) is 3.20. The zero-order valence-electron chi connectivity index (χ0n) is 10.8. The molecule has 114 valence electrons. The van der Waals surface area contributed by atoms with Gasteiger partial charge in [0.1, 0.15) is 11.6 Å². The van der Waals surface area contributed by atoms with Gasteiger partial charge in [-0.3, -0.25) is 0 Å². The van der Waals surface area contributed by atoms with E-state index in [0.717, 1.165) is 25.6 Å². The number of ether oxygens (including phenoxy) is 1. The molecule has 1 aliphatic heterocycles. The molecule has 20 heavy (non-hydrogen) atoms. The molecule has 1 N–H and O–H groups in total. The van der Waals surface area contributed by atoms with Gasteiger partial charge in [0.2, 0.25) is 0 Å². The van der Waals surface area contributed by atoms with Gasteiger partial charge in [0, 0.05) is 6.07 Å². The van der Waals surface area contributed by atoms with Crippen LogP contribution in [0.1, 0.15) is 24.8 Å². The van der Waals surface area contributed by atoms with Crippen molar-refractivity contribution in [3.8, 4) is 5.75 Å². The van der Waals surface area contributed by atoms with Gasteiger partial charge in [0.15, 0.2) is 0 Å². The molecular weight excluding hydrogens is 298 g/mol. The summed E-state index contributed by atoms with van der Waals surface area (Å²) in [5.41, 5.74) is 0.462. The summed E-state index contributed by atoms with van der Waals surface area (Å²) in [7, 11) is 0. The van der Waals surface area contributed by atoms with Crippen molar-refractivity contribution in [2.45, 2.75) is 25.6 Å². The molecule has 0 saturated carbocycles. The number of rotatable bonds is 2. The van der Waals surface area contributed by atoms with E-state index in [9.17, 15) is 17.6 Å². The van der Waals surface area contributed by atoms with Crippen LogP contribution in [0.2, 0.25) is 0 Å². The first kappa shape index (κ1) is 17.0. The average Bonchev–Trinajstić information content (AvgIpc) is 2.28. The number of hydrogen-bond donors (Lipinski definition) is 1. The van der Waals surface area contributed by atoms with Gasteiger partial charge in [-0.05, 0) is 43.0 Å². The minimum absolute atomic E-state index is 0. The van der Waals surface area contributed by atoms with Crippen LogP contribution < -0.4 is 10.1 Å². The fraction of sp³-hybridized carbons (Fsp3) is 0.538. The average molecular weight is 314 g/mol. The van der Waals surface area contributed by atoms with Crippen molar-refractivity contribution in [1.29, 1.82) is 0 Å². The Hall–Kier alpha value is -1.01. The minimum atomic E-state index is -4.80. The molecule has 0 aromatic heterocycles. The lowest BCUT2D eigenvalue weighted by Gasteiger charge is -2.30. The molecule has 0 spiro atoms. The Morgan fingerprint density at radius 1 is 1.30 bits per heavy atom. The van der Waals surface area contributed by atoms with E-state index in [-0.39, 0.29) is 24.2 Å². The first-order chi connectivity index (χ1) is 8.87. The predicted octanol–water partition coefficient (Wildman–Crippen LogP) is 3.86. The van der Waals surface area contributed by atoms with Crippen LogP contribution in [-0.4, -0.2) is 19.5 Å². The third-order valence-corrected chi connectivity index (χ3v) is 3.39. The smallest absolute Gasteiger partial charge is 0.406 e. The fourth-order valence-electron chi connectivity index (χ4n) is 2.48. The Labute approximate surface area is 120 Å². The predicted molar refractivity (Wildman–Crippen MR) is 69.7 cm³/mol. The van der Waals surface area contributed by atoms with E-state index in [1.54, 1.807) is 0 Å². The molecule has 0 amide bonds. The molecular formula is C13H16ClF4NO. The van der Waals surface area contributed by atoms with E-state index < -0.39 is 17.9 Å². The summed E-state index contributed by atoms with van der Waals surface area (Å²) in [4.78, 5) is 0. The Bertz CT molecular complexity index is 452. The van der Waals surface area contributed by atoms with Crippen molar-refractivity contribution in [3.63, 3.8) is 0 Å². The van der Waals surface area contributed by atoms with E-state index in [4.69, 9.17) is 0 Å². The van der Waals surface area contributed by atoms with Crippen molar-refractivity contribution in [2.75, 3.05) is 13.1 Å². The molecule has 1 heterocycles. The molecule has 0 aliphatic carbocycles. The minimum Gasteiger partial charge on any atom is -0.406 e. The van der Waals surface area contributed by atoms with Gasteiger partial charge < -0.3 is 10.1 Å². The van der Waals surface area contributed by atoms with Gasteiger partial charge in [-0.1, -0.05) is 13.0 Å². The van der Waals surface area contributed by atoms with Crippen LogP contribution >= 0.6 is 12.4 Å². The molecule has 2 atom stereocenters. The van der Waals surface area contributed by atoms with Crippen LogP contribution in [0.15, 0.2) is 18.2 Å². The Morgan fingerprint density at radius 2 is 2.00 bits per heavy atom. The lowest BCUT2D eigenvalue weighted by molar-refractivity contribution is -0.274. The van der Waals surface area contributed by atoms with E-state index >= 15 is 0 Å². The fourth-order valence-corrected chi connectivity index (χ4v) is 2.48. The molecule has 0 radical (unpaired) electrons. The lowest BCUT2D eigenvalue weighted by atomic mass is 9.82. The Balaban J connectivity index is 0.00000200. The molecule has 1 fully saturated rings. The van der Waals surface area contributed by atoms with Crippen molar-refractivity contribution in [2.24, 2.45) is 5.92 Å². The highest BCUT2D eigenvalue weighted by Crippen LogP contribution is 2.34. The maximum Gasteiger partial charge on any atom is 0.573 e. The molecule has 2 nitrogen and oxygen atoms in total. The zero-order valence-corrected chi connectivity index (χ0v) is 11.7. The summed E-state index contributed by atoms with van der Waals surface area (Å²) < 4.78 is 53.7. The molecule has 0 unspecified atom stereocenters. The van der Waals surface area contributed by atoms with Gasteiger partial charge >= 0.3 is 6.36 Å². The summed E-state index contributed by atoms with van der Waals surface area (Å²) in [6.45, 7) is 3.57. The van der Waals surface area contributed by atoms with E-state index in [1.807, 2.05) is 6.92 Å². The van der Waals surface area contributed by atoms with E-state index in [1.165, 1.54) is 12.1 Å². The van der Waals surface area contributed by atoms with Gasteiger partial charge in [0.05, 0.1) is 0 Å². The Kier molecular flexibility index (Phi) is 5.65. The molecule has 1 saturated heterocycles. The van der Waals surface area contributed by atoms with Crippen LogP contribution in [0.4, 0.5) is 17.6 Å². The topological polar surface area (TPSA) is 21.3 Å². The first-order valence-electron chi connectivity index (χ1n) is 6.13. The lowest BCUT2D eigenvalue weighted by Crippen LogP contribution is -2.34. The van der Waals surface area contributed by atoms with Crippen molar-refractivity contribution in [3.05, 3.63) is 29.6 Å². The van der Waals surface area contributed by atoms with Gasteiger partial charge in [0.25, 0.3) is 0 Å². The molecule has 1 aromatic carbocycles. The SMILES string of the molecule is C[C@H]1CNCC[C@H]1c1ccc(OC(F)(F)F)cc1F.Cl. The second kappa shape index (κ2) is 6.63. The summed E-state index contributed by atoms with van der Waals surface area (Å²) in [6, 6.07) is 3.36. The molecule has 1 aliphatic rings. The zero-order chi connectivity index (χ0) is 14.0. The standard InChI is InChI=1S/C13H15F4NO.ClH/c1-8-7-18-5-4-10(8)11-3-2-9(6-12(11)14)19-13(15,16)17;/h2-3,6,8,10,18H,4-5,7H2,1H3;1H/t8-,10+;/m0./s1. The molecule has 0 bridgehead atoms. The summed E-state index contributed by atoms with van der Waals surface area (Å²) in [5.74, 6) is -0.880. The third-order valence-electron chi connectivity index (χ3n) is 3.39. The van der Waals surface area contributed by atoms with Crippen LogP contribution in [0, 0.1) is 11.7 Å². The maximum atomic E-state index is 13.9. The normalized spacial score (nSPS) is 23.1. The largest absolute Gasteiger partial charge is 0.573 e. The van der Waals surface area contributed by atoms with Crippen molar-refractivity contribution < 1.29 is 22.3 Å². The Morgan fingerprint density at radius 3 is 2.55 bits per heavy atom. The van der Waals surface area contributed by atoms with Gasteiger partial charge in [-0.15, -0.1) is 25.6 Å². The van der Waals surface area contributed by atoms with Crippen LogP contribution in [0.5, 0.6) is 5.75 Å². The second-order valence-corrected chi connectivity index (χ2v) is 4.81. The first-order valence-corrected chi connectivity index (χ1v) is 6.13. The monoisotopic (exact) mass is 313 g/mol. The van der Waals surface area contributed by atoms with E-state index in [0.29, 0.717) is 5.56 Å². The number of piperidine rings is 1. The number of halogens is 5. The second-order valence-electron chi connectivity index (χ2n) is 4.81. The van der Waals surface area contributed by atoms with Crippen LogP contribution in [0.25, 0.3) is 0 Å². The van der Waals surface area contributed by atoms with Crippen LogP contribution in [-0.2, 0) is 0 Å². The number of hydrogen-bond acceptors (Lipinski definition) is 2. The number of alkyl halides is 3. The third kappa shape index (κ3) is 4.24. The highest BCUT2D eigenvalue weighted by atomic mass is 35.5. The molecule has 7 heteroatoms. The number of nitrogens with one attached hydrogen (secondary N) is 1. The number of benzene rings is 1. The highest BCUT2D eigenvalue weighted by Gasteiger charge is 2.32. The molecule has 1 aromatic rings. The van der Waals surface area contributed by atoms with Crippen molar-refractivity contribution >= 4 is 12.4 Å². The van der Waals surface area contributed by atoms with Crippen molar-refractivity contribution in [1.82, 2.24) is 5.32 Å². The van der Waals surface area contributed by atoms with Gasteiger partial charge in [-0.2, -0.15) is 0 Å². The molecule has 2 rings (SSSR count). The summed E-state index contributed by atoms with van der Waals surface area (Å²) in [6.07, 6.45) is -4.02. The van der Waals surface area contributed by atoms with Crippen LogP contribution in [0.3, 0.4) is 0 Å².